The van der Waals surface area contributed by atoms with Crippen LogP contribution in [0, 0.1) is 13.8 Å². The minimum absolute atomic E-state index is 0.218. The molecule has 0 saturated carbocycles. The topological polar surface area (TPSA) is 30.5 Å². The van der Waals surface area contributed by atoms with E-state index in [2.05, 4.69) is 31.3 Å². The zero-order valence-corrected chi connectivity index (χ0v) is 16.8. The number of hydrogen-bond acceptors (Lipinski definition) is 3. The van der Waals surface area contributed by atoms with Gasteiger partial charge in [-0.25, -0.2) is 0 Å². The van der Waals surface area contributed by atoms with Gasteiger partial charge in [0, 0.05) is 36.0 Å². The van der Waals surface area contributed by atoms with Crippen molar-refractivity contribution in [2.24, 2.45) is 0 Å². The van der Waals surface area contributed by atoms with Crippen molar-refractivity contribution >= 4 is 23.2 Å². The van der Waals surface area contributed by atoms with Gasteiger partial charge in [0.1, 0.15) is 5.75 Å². The first-order valence-corrected chi connectivity index (χ1v) is 9.78. The fourth-order valence-electron chi connectivity index (χ4n) is 3.37. The van der Waals surface area contributed by atoms with Gasteiger partial charge in [0.2, 0.25) is 0 Å². The minimum Gasteiger partial charge on any atom is -0.493 e. The summed E-state index contributed by atoms with van der Waals surface area (Å²) in [6.07, 6.45) is 1.74. The van der Waals surface area contributed by atoms with Gasteiger partial charge in [-0.2, -0.15) is 0 Å². The van der Waals surface area contributed by atoms with Crippen molar-refractivity contribution in [3.63, 3.8) is 0 Å². The van der Waals surface area contributed by atoms with Gasteiger partial charge >= 0.3 is 0 Å². The van der Waals surface area contributed by atoms with E-state index in [-0.39, 0.29) is 6.10 Å². The second kappa shape index (κ2) is 9.09. The van der Waals surface area contributed by atoms with E-state index in [1.54, 1.807) is 0 Å². The van der Waals surface area contributed by atoms with Crippen LogP contribution < -0.4 is 10.1 Å². The molecule has 140 valence electrons. The highest BCUT2D eigenvalue weighted by Gasteiger charge is 2.16. The van der Waals surface area contributed by atoms with Gasteiger partial charge in [-0.05, 0) is 42.7 Å². The molecule has 2 aromatic rings. The van der Waals surface area contributed by atoms with E-state index >= 15 is 0 Å². The predicted octanol–water partition coefficient (Wildman–Crippen LogP) is 4.96. The molecule has 3 rings (SSSR count). The summed E-state index contributed by atoms with van der Waals surface area (Å²) in [7, 11) is 0. The smallest absolute Gasteiger partial charge is 0.125 e. The van der Waals surface area contributed by atoms with Crippen LogP contribution in [0.2, 0.25) is 10.0 Å². The van der Waals surface area contributed by atoms with E-state index in [4.69, 9.17) is 32.7 Å². The lowest BCUT2D eigenvalue weighted by Crippen LogP contribution is -2.39. The Kier molecular flexibility index (Phi) is 6.82. The van der Waals surface area contributed by atoms with Crippen molar-refractivity contribution in [3.8, 4) is 5.75 Å². The fraction of sp³-hybridized carbons (Fsp3) is 0.429. The molecule has 1 unspecified atom stereocenters. The summed E-state index contributed by atoms with van der Waals surface area (Å²) in [5, 5.41) is 4.72. The van der Waals surface area contributed by atoms with E-state index in [1.807, 2.05) is 18.2 Å². The number of morpholine rings is 1. The summed E-state index contributed by atoms with van der Waals surface area (Å²) in [6, 6.07) is 9.91. The van der Waals surface area contributed by atoms with Gasteiger partial charge in [-0.1, -0.05) is 47.0 Å². The van der Waals surface area contributed by atoms with E-state index in [0.29, 0.717) is 23.1 Å². The number of ether oxygens (including phenoxy) is 2. The van der Waals surface area contributed by atoms with Crippen LogP contribution in [0.25, 0.3) is 0 Å². The molecule has 3 nitrogen and oxygen atoms in total. The van der Waals surface area contributed by atoms with E-state index in [0.717, 1.165) is 48.6 Å². The second-order valence-corrected chi connectivity index (χ2v) is 7.60. The summed E-state index contributed by atoms with van der Waals surface area (Å²) >= 11 is 12.7. The Labute approximate surface area is 165 Å². The molecule has 1 aliphatic heterocycles. The summed E-state index contributed by atoms with van der Waals surface area (Å²) in [5.74, 6) is 0.926. The van der Waals surface area contributed by atoms with Crippen molar-refractivity contribution in [3.05, 3.63) is 62.6 Å². The normalized spacial score (nSPS) is 17.3. The standard InChI is InChI=1S/C21H25Cl2NO2/c1-14-10-15(2)21(26-8-6-17-13-24-7-9-25-17)16(11-14)12-18-19(22)4-3-5-20(18)23/h3-5,10-11,17,24H,6-9,12-13H2,1-2H3. The van der Waals surface area contributed by atoms with Crippen LogP contribution in [0.4, 0.5) is 0 Å². The maximum atomic E-state index is 6.37. The van der Waals surface area contributed by atoms with Gasteiger partial charge in [-0.3, -0.25) is 0 Å². The second-order valence-electron chi connectivity index (χ2n) is 6.78. The van der Waals surface area contributed by atoms with Gasteiger partial charge in [0.15, 0.2) is 0 Å². The van der Waals surface area contributed by atoms with Gasteiger partial charge in [0.25, 0.3) is 0 Å². The van der Waals surface area contributed by atoms with E-state index in [1.165, 1.54) is 5.56 Å². The molecule has 5 heteroatoms. The van der Waals surface area contributed by atoms with E-state index in [9.17, 15) is 0 Å². The maximum absolute atomic E-state index is 6.37. The van der Waals surface area contributed by atoms with Crippen molar-refractivity contribution < 1.29 is 9.47 Å². The van der Waals surface area contributed by atoms with Gasteiger partial charge < -0.3 is 14.8 Å². The lowest BCUT2D eigenvalue weighted by atomic mass is 9.99. The van der Waals surface area contributed by atoms with Crippen LogP contribution in [0.1, 0.15) is 28.7 Å². The zero-order chi connectivity index (χ0) is 18.5. The Bertz CT molecular complexity index is 738. The summed E-state index contributed by atoms with van der Waals surface area (Å²) < 4.78 is 11.9. The molecule has 1 heterocycles. The number of benzene rings is 2. The predicted molar refractivity (Wildman–Crippen MR) is 108 cm³/mol. The Morgan fingerprint density at radius 3 is 2.65 bits per heavy atom. The van der Waals surface area contributed by atoms with Crippen LogP contribution in [-0.2, 0) is 11.2 Å². The molecular formula is C21H25Cl2NO2. The molecule has 0 aliphatic carbocycles. The third-order valence-corrected chi connectivity index (χ3v) is 5.32. The van der Waals surface area contributed by atoms with Crippen LogP contribution in [-0.4, -0.2) is 32.4 Å². The number of nitrogens with one attached hydrogen (secondary N) is 1. The molecule has 2 aromatic carbocycles. The summed E-state index contributed by atoms with van der Waals surface area (Å²) in [5.41, 5.74) is 4.38. The van der Waals surface area contributed by atoms with Crippen LogP contribution in [0.3, 0.4) is 0 Å². The van der Waals surface area contributed by atoms with Gasteiger partial charge in [-0.15, -0.1) is 0 Å². The Morgan fingerprint density at radius 1 is 1.19 bits per heavy atom. The van der Waals surface area contributed by atoms with Crippen molar-refractivity contribution in [1.29, 1.82) is 0 Å². The number of aryl methyl sites for hydroxylation is 2. The third-order valence-electron chi connectivity index (χ3n) is 4.62. The maximum Gasteiger partial charge on any atom is 0.125 e. The molecule has 26 heavy (non-hydrogen) atoms. The number of hydrogen-bond donors (Lipinski definition) is 1. The van der Waals surface area contributed by atoms with Crippen LogP contribution >= 0.6 is 23.2 Å². The largest absolute Gasteiger partial charge is 0.493 e. The lowest BCUT2D eigenvalue weighted by molar-refractivity contribution is 0.0158. The first-order chi connectivity index (χ1) is 12.5. The molecule has 1 atom stereocenters. The zero-order valence-electron chi connectivity index (χ0n) is 15.3. The molecule has 0 spiro atoms. The van der Waals surface area contributed by atoms with Crippen LogP contribution in [0.15, 0.2) is 30.3 Å². The highest BCUT2D eigenvalue weighted by atomic mass is 35.5. The first-order valence-electron chi connectivity index (χ1n) is 9.02. The third kappa shape index (κ3) is 4.92. The summed E-state index contributed by atoms with van der Waals surface area (Å²) in [6.45, 7) is 7.38. The molecule has 1 N–H and O–H groups in total. The number of rotatable bonds is 6. The molecule has 0 aromatic heterocycles. The fourth-order valence-corrected chi connectivity index (χ4v) is 3.90. The average molecular weight is 394 g/mol. The Hall–Kier alpha value is -1.26. The Balaban J connectivity index is 1.76. The molecular weight excluding hydrogens is 369 g/mol. The highest BCUT2D eigenvalue weighted by molar-refractivity contribution is 6.36. The molecule has 1 fully saturated rings. The monoisotopic (exact) mass is 393 g/mol. The van der Waals surface area contributed by atoms with Crippen LogP contribution in [0.5, 0.6) is 5.75 Å². The molecule has 0 bridgehead atoms. The number of halogens is 2. The SMILES string of the molecule is Cc1cc(C)c(OCCC2CNCCO2)c(Cc2c(Cl)cccc2Cl)c1. The average Bonchev–Trinajstić information content (AvgIpc) is 2.61. The van der Waals surface area contributed by atoms with E-state index < -0.39 is 0 Å². The van der Waals surface area contributed by atoms with Gasteiger partial charge in [0.05, 0.1) is 19.3 Å². The van der Waals surface area contributed by atoms with Crippen molar-refractivity contribution in [2.75, 3.05) is 26.3 Å². The molecule has 0 radical (unpaired) electrons. The highest BCUT2D eigenvalue weighted by Crippen LogP contribution is 2.32. The van der Waals surface area contributed by atoms with Crippen molar-refractivity contribution in [1.82, 2.24) is 5.32 Å². The first kappa shape index (κ1) is 19.5. The Morgan fingerprint density at radius 2 is 1.96 bits per heavy atom. The molecule has 1 saturated heterocycles. The lowest BCUT2D eigenvalue weighted by Gasteiger charge is -2.24. The quantitative estimate of drug-likeness (QED) is 0.752. The summed E-state index contributed by atoms with van der Waals surface area (Å²) in [4.78, 5) is 0. The molecule has 0 amide bonds. The molecule has 1 aliphatic rings. The van der Waals surface area contributed by atoms with Crippen molar-refractivity contribution in [2.45, 2.75) is 32.8 Å². The minimum atomic E-state index is 0.218.